The summed E-state index contributed by atoms with van der Waals surface area (Å²) in [4.78, 5) is 12.3. The van der Waals surface area contributed by atoms with Crippen molar-refractivity contribution in [1.29, 1.82) is 0 Å². The Labute approximate surface area is 125 Å². The molecule has 0 aromatic carbocycles. The smallest absolute Gasteiger partial charge is 0.345 e. The summed E-state index contributed by atoms with van der Waals surface area (Å²) in [5.41, 5.74) is 6.79. The van der Waals surface area contributed by atoms with Gasteiger partial charge in [-0.3, -0.25) is 4.57 Å². The van der Waals surface area contributed by atoms with Gasteiger partial charge in [-0.1, -0.05) is 11.8 Å². The average molecular weight is 312 g/mol. The molecule has 0 unspecified atom stereocenters. The fourth-order valence-corrected chi connectivity index (χ4v) is 3.88. The van der Waals surface area contributed by atoms with Crippen LogP contribution in [0.2, 0.25) is 0 Å². The van der Waals surface area contributed by atoms with Gasteiger partial charge in [-0.05, 0) is 32.4 Å². The minimum Gasteiger partial charge on any atom is -0.477 e. The highest BCUT2D eigenvalue weighted by molar-refractivity contribution is 7.98. The predicted molar refractivity (Wildman–Crippen MR) is 80.4 cm³/mol. The highest BCUT2D eigenvalue weighted by Crippen LogP contribution is 2.30. The number of rotatable bonds is 5. The standard InChI is InChI=1S/C12H16N4O2S2/c1-6(2)16-11(13)14-15-12(16)19-5-8-4-9(10(17)18)20-7(8)3/h4,6H,5H2,1-3H3,(H2,13,14)(H,17,18). The second kappa shape index (κ2) is 5.84. The van der Waals surface area contributed by atoms with E-state index in [1.165, 1.54) is 23.1 Å². The second-order valence-corrected chi connectivity index (χ2v) is 6.79. The largest absolute Gasteiger partial charge is 0.477 e. The lowest BCUT2D eigenvalue weighted by Crippen LogP contribution is -2.07. The Morgan fingerprint density at radius 3 is 2.80 bits per heavy atom. The van der Waals surface area contributed by atoms with Crippen LogP contribution in [0, 0.1) is 6.92 Å². The Hall–Kier alpha value is -1.54. The van der Waals surface area contributed by atoms with Gasteiger partial charge in [-0.2, -0.15) is 0 Å². The average Bonchev–Trinajstić information content (AvgIpc) is 2.90. The first kappa shape index (κ1) is 14.9. The SMILES string of the molecule is Cc1sc(C(=O)O)cc1CSc1nnc(N)n1C(C)C. The van der Waals surface area contributed by atoms with Crippen molar-refractivity contribution in [3.63, 3.8) is 0 Å². The number of nitrogens with zero attached hydrogens (tertiary/aromatic N) is 3. The number of nitrogen functional groups attached to an aromatic ring is 1. The number of aryl methyl sites for hydroxylation is 1. The lowest BCUT2D eigenvalue weighted by molar-refractivity contribution is 0.0702. The number of hydrogen-bond acceptors (Lipinski definition) is 6. The van der Waals surface area contributed by atoms with E-state index in [2.05, 4.69) is 10.2 Å². The molecular weight excluding hydrogens is 296 g/mol. The summed E-state index contributed by atoms with van der Waals surface area (Å²) in [5, 5.41) is 17.7. The minimum absolute atomic E-state index is 0.186. The number of hydrogen-bond donors (Lipinski definition) is 2. The molecule has 20 heavy (non-hydrogen) atoms. The van der Waals surface area contributed by atoms with E-state index in [9.17, 15) is 4.79 Å². The van der Waals surface area contributed by atoms with E-state index < -0.39 is 5.97 Å². The van der Waals surface area contributed by atoms with Crippen molar-refractivity contribution in [2.75, 3.05) is 5.73 Å². The number of anilines is 1. The highest BCUT2D eigenvalue weighted by atomic mass is 32.2. The summed E-state index contributed by atoms with van der Waals surface area (Å²) < 4.78 is 1.87. The summed E-state index contributed by atoms with van der Waals surface area (Å²) in [5.74, 6) is 0.167. The topological polar surface area (TPSA) is 94.0 Å². The van der Waals surface area contributed by atoms with Crippen LogP contribution in [0.15, 0.2) is 11.2 Å². The van der Waals surface area contributed by atoms with Crippen LogP contribution >= 0.6 is 23.1 Å². The molecule has 0 aliphatic rings. The molecule has 0 saturated carbocycles. The molecule has 0 aliphatic carbocycles. The Kier molecular flexibility index (Phi) is 4.34. The molecule has 0 spiro atoms. The molecule has 0 atom stereocenters. The lowest BCUT2D eigenvalue weighted by atomic mass is 10.3. The maximum absolute atomic E-state index is 10.9. The molecule has 3 N–H and O–H groups in total. The molecule has 2 aromatic heterocycles. The fraction of sp³-hybridized carbons (Fsp3) is 0.417. The zero-order chi connectivity index (χ0) is 14.9. The van der Waals surface area contributed by atoms with Crippen molar-refractivity contribution in [3.05, 3.63) is 21.4 Å². The van der Waals surface area contributed by atoms with Crippen LogP contribution < -0.4 is 5.73 Å². The van der Waals surface area contributed by atoms with Gasteiger partial charge in [0.15, 0.2) is 5.16 Å². The van der Waals surface area contributed by atoms with Crippen molar-refractivity contribution in [3.8, 4) is 0 Å². The molecule has 0 saturated heterocycles. The number of aromatic nitrogens is 3. The molecule has 0 amide bonds. The van der Waals surface area contributed by atoms with E-state index in [1.807, 2.05) is 25.3 Å². The van der Waals surface area contributed by atoms with Gasteiger partial charge < -0.3 is 10.8 Å². The number of carboxylic acid groups (broad SMARTS) is 1. The van der Waals surface area contributed by atoms with Gasteiger partial charge in [0.05, 0.1) is 0 Å². The van der Waals surface area contributed by atoms with Crippen LogP contribution in [0.4, 0.5) is 5.95 Å². The van der Waals surface area contributed by atoms with E-state index in [0.29, 0.717) is 16.6 Å². The first-order chi connectivity index (χ1) is 9.40. The first-order valence-corrected chi connectivity index (χ1v) is 7.86. The van der Waals surface area contributed by atoms with E-state index in [-0.39, 0.29) is 6.04 Å². The molecule has 0 radical (unpaired) electrons. The lowest BCUT2D eigenvalue weighted by Gasteiger charge is -2.11. The molecular formula is C12H16N4O2S2. The van der Waals surface area contributed by atoms with E-state index in [4.69, 9.17) is 10.8 Å². The summed E-state index contributed by atoms with van der Waals surface area (Å²) in [6, 6.07) is 1.90. The summed E-state index contributed by atoms with van der Waals surface area (Å²) in [6.07, 6.45) is 0. The van der Waals surface area contributed by atoms with Crippen molar-refractivity contribution in [2.45, 2.75) is 37.7 Å². The number of thioether (sulfide) groups is 1. The molecule has 2 heterocycles. The number of carboxylic acids is 1. The Morgan fingerprint density at radius 1 is 1.55 bits per heavy atom. The van der Waals surface area contributed by atoms with Crippen LogP contribution in [-0.2, 0) is 5.75 Å². The van der Waals surface area contributed by atoms with Crippen LogP contribution in [0.25, 0.3) is 0 Å². The zero-order valence-corrected chi connectivity index (χ0v) is 13.1. The predicted octanol–water partition coefficient (Wildman–Crippen LogP) is 2.80. The molecule has 0 bridgehead atoms. The summed E-state index contributed by atoms with van der Waals surface area (Å²) in [6.45, 7) is 5.96. The molecule has 2 aromatic rings. The molecule has 108 valence electrons. The third-order valence-electron chi connectivity index (χ3n) is 2.80. The van der Waals surface area contributed by atoms with E-state index >= 15 is 0 Å². The minimum atomic E-state index is -0.885. The summed E-state index contributed by atoms with van der Waals surface area (Å²) >= 11 is 2.80. The quantitative estimate of drug-likeness (QED) is 0.824. The third kappa shape index (κ3) is 2.96. The van der Waals surface area contributed by atoms with Crippen LogP contribution in [-0.4, -0.2) is 25.8 Å². The van der Waals surface area contributed by atoms with Crippen molar-refractivity contribution < 1.29 is 9.90 Å². The monoisotopic (exact) mass is 312 g/mol. The van der Waals surface area contributed by atoms with Gasteiger partial charge in [0, 0.05) is 16.7 Å². The molecule has 6 nitrogen and oxygen atoms in total. The molecule has 8 heteroatoms. The van der Waals surface area contributed by atoms with Gasteiger partial charge >= 0.3 is 5.97 Å². The second-order valence-electron chi connectivity index (χ2n) is 4.59. The Bertz CT molecular complexity index is 633. The summed E-state index contributed by atoms with van der Waals surface area (Å²) in [7, 11) is 0. The van der Waals surface area contributed by atoms with Crippen molar-refractivity contribution in [1.82, 2.24) is 14.8 Å². The third-order valence-corrected chi connectivity index (χ3v) is 4.87. The van der Waals surface area contributed by atoms with E-state index in [0.717, 1.165) is 15.6 Å². The fourth-order valence-electron chi connectivity index (χ4n) is 1.78. The maximum atomic E-state index is 10.9. The Balaban J connectivity index is 2.15. The number of nitrogens with two attached hydrogens (primary N) is 1. The van der Waals surface area contributed by atoms with E-state index in [1.54, 1.807) is 6.07 Å². The number of thiophene rings is 1. The van der Waals surface area contributed by atoms with Crippen molar-refractivity contribution >= 4 is 35.0 Å². The first-order valence-electron chi connectivity index (χ1n) is 6.06. The normalized spacial score (nSPS) is 11.2. The van der Waals surface area contributed by atoms with Gasteiger partial charge in [0.25, 0.3) is 0 Å². The van der Waals surface area contributed by atoms with Crippen LogP contribution in [0.1, 0.15) is 40.0 Å². The van der Waals surface area contributed by atoms with Crippen LogP contribution in [0.3, 0.4) is 0 Å². The number of carbonyl (C=O) groups is 1. The Morgan fingerprint density at radius 2 is 2.25 bits per heavy atom. The van der Waals surface area contributed by atoms with Gasteiger partial charge in [0.1, 0.15) is 4.88 Å². The molecule has 0 aliphatic heterocycles. The van der Waals surface area contributed by atoms with Crippen molar-refractivity contribution in [2.24, 2.45) is 0 Å². The highest BCUT2D eigenvalue weighted by Gasteiger charge is 2.15. The van der Waals surface area contributed by atoms with Gasteiger partial charge in [0.2, 0.25) is 5.95 Å². The molecule has 2 rings (SSSR count). The van der Waals surface area contributed by atoms with Gasteiger partial charge in [-0.15, -0.1) is 21.5 Å². The van der Waals surface area contributed by atoms with Crippen LogP contribution in [0.5, 0.6) is 0 Å². The number of aromatic carboxylic acids is 1. The zero-order valence-electron chi connectivity index (χ0n) is 11.5. The van der Waals surface area contributed by atoms with Gasteiger partial charge in [-0.25, -0.2) is 4.79 Å². The maximum Gasteiger partial charge on any atom is 0.345 e. The molecule has 0 fully saturated rings.